The van der Waals surface area contributed by atoms with Gasteiger partial charge in [-0.05, 0) is 48.4 Å². The number of fused-ring (bicyclic) bond motifs is 1. The van der Waals surface area contributed by atoms with Gasteiger partial charge in [0.25, 0.3) is 0 Å². The van der Waals surface area contributed by atoms with Gasteiger partial charge in [0.15, 0.2) is 6.61 Å². The normalized spacial score (nSPS) is 10.9. The number of H-pyrrole nitrogens is 1. The molecule has 0 saturated carbocycles. The van der Waals surface area contributed by atoms with E-state index >= 15 is 0 Å². The van der Waals surface area contributed by atoms with E-state index in [1.807, 2.05) is 42.5 Å². The van der Waals surface area contributed by atoms with Crippen LogP contribution in [-0.4, -0.2) is 29.1 Å². The predicted octanol–water partition coefficient (Wildman–Crippen LogP) is 5.68. The zero-order valence-electron chi connectivity index (χ0n) is 15.7. The Morgan fingerprint density at radius 2 is 1.93 bits per heavy atom. The van der Waals surface area contributed by atoms with Crippen LogP contribution in [0.4, 0.5) is 0 Å². The van der Waals surface area contributed by atoms with Crippen LogP contribution in [0.3, 0.4) is 0 Å². The molecule has 0 bridgehead atoms. The summed E-state index contributed by atoms with van der Waals surface area (Å²) >= 11 is 7.52. The van der Waals surface area contributed by atoms with Gasteiger partial charge in [-0.15, -0.1) is 11.8 Å². The first kappa shape index (κ1) is 20.5. The van der Waals surface area contributed by atoms with Crippen molar-refractivity contribution in [2.45, 2.75) is 31.1 Å². The lowest BCUT2D eigenvalue weighted by molar-refractivity contribution is -0.142. The molecule has 2 aromatic carbocycles. The third-order valence-corrected chi connectivity index (χ3v) is 5.81. The summed E-state index contributed by atoms with van der Waals surface area (Å²) in [6.45, 7) is 1.84. The molecule has 0 saturated heterocycles. The highest BCUT2D eigenvalue weighted by Gasteiger charge is 2.15. The number of aromatic amines is 1. The van der Waals surface area contributed by atoms with Crippen LogP contribution in [0.1, 0.15) is 35.7 Å². The Morgan fingerprint density at radius 3 is 2.68 bits per heavy atom. The standard InChI is InChI=1S/C22H22ClNO3S/c1-2-15-5-3-6-18-19(13-24-22(15)18)20(25)14-27-21(26)7-4-12-28-17-10-8-16(23)9-11-17/h3,5-6,8-11,13,24H,2,4,7,12,14H2,1H3. The first-order valence-electron chi connectivity index (χ1n) is 9.24. The maximum atomic E-state index is 12.5. The zero-order chi connectivity index (χ0) is 19.9. The molecule has 0 aliphatic heterocycles. The summed E-state index contributed by atoms with van der Waals surface area (Å²) in [5.74, 6) is 0.259. The van der Waals surface area contributed by atoms with Crippen LogP contribution in [0.2, 0.25) is 5.02 Å². The lowest BCUT2D eigenvalue weighted by Gasteiger charge is -2.05. The van der Waals surface area contributed by atoms with Crippen LogP contribution in [-0.2, 0) is 16.0 Å². The van der Waals surface area contributed by atoms with E-state index in [0.717, 1.165) is 33.5 Å². The molecule has 1 N–H and O–H groups in total. The highest BCUT2D eigenvalue weighted by Crippen LogP contribution is 2.23. The fourth-order valence-corrected chi connectivity index (χ4v) is 3.95. The fourth-order valence-electron chi connectivity index (χ4n) is 2.98. The summed E-state index contributed by atoms with van der Waals surface area (Å²) in [6.07, 6.45) is 3.56. The second kappa shape index (κ2) is 9.80. The lowest BCUT2D eigenvalue weighted by Crippen LogP contribution is -2.13. The van der Waals surface area contributed by atoms with E-state index < -0.39 is 0 Å². The molecule has 0 atom stereocenters. The van der Waals surface area contributed by atoms with Gasteiger partial charge < -0.3 is 9.72 Å². The Balaban J connectivity index is 1.44. The Labute approximate surface area is 173 Å². The number of nitrogens with one attached hydrogen (secondary N) is 1. The van der Waals surface area contributed by atoms with Gasteiger partial charge in [-0.25, -0.2) is 0 Å². The smallest absolute Gasteiger partial charge is 0.306 e. The summed E-state index contributed by atoms with van der Waals surface area (Å²) in [5, 5.41) is 1.58. The van der Waals surface area contributed by atoms with Crippen molar-refractivity contribution >= 4 is 46.0 Å². The third-order valence-electron chi connectivity index (χ3n) is 4.45. The topological polar surface area (TPSA) is 59.2 Å². The van der Waals surface area contributed by atoms with Crippen molar-refractivity contribution < 1.29 is 14.3 Å². The van der Waals surface area contributed by atoms with Crippen LogP contribution < -0.4 is 0 Å². The van der Waals surface area contributed by atoms with Gasteiger partial charge in [0, 0.05) is 39.0 Å². The Bertz CT molecular complexity index is 966. The van der Waals surface area contributed by atoms with Gasteiger partial charge in [0.2, 0.25) is 5.78 Å². The number of carbonyl (C=O) groups excluding carboxylic acids is 2. The number of ether oxygens (including phenoxy) is 1. The number of hydrogen-bond donors (Lipinski definition) is 1. The van der Waals surface area contributed by atoms with Crippen molar-refractivity contribution in [2.75, 3.05) is 12.4 Å². The number of halogens is 1. The zero-order valence-corrected chi connectivity index (χ0v) is 17.2. The molecule has 0 unspecified atom stereocenters. The summed E-state index contributed by atoms with van der Waals surface area (Å²) in [7, 11) is 0. The average molecular weight is 416 g/mol. The Morgan fingerprint density at radius 1 is 1.14 bits per heavy atom. The van der Waals surface area contributed by atoms with Crippen molar-refractivity contribution in [2.24, 2.45) is 0 Å². The molecule has 28 heavy (non-hydrogen) atoms. The maximum absolute atomic E-state index is 12.5. The second-order valence-corrected chi connectivity index (χ2v) is 7.99. The molecule has 146 valence electrons. The predicted molar refractivity (Wildman–Crippen MR) is 114 cm³/mol. The Hall–Kier alpha value is -2.24. The van der Waals surface area contributed by atoms with Gasteiger partial charge in [-0.1, -0.05) is 36.7 Å². The third kappa shape index (κ3) is 5.18. The quantitative estimate of drug-likeness (QED) is 0.211. The molecule has 6 heteroatoms. The van der Waals surface area contributed by atoms with Crippen molar-refractivity contribution in [3.05, 3.63) is 64.8 Å². The van der Waals surface area contributed by atoms with E-state index in [-0.39, 0.29) is 18.4 Å². The maximum Gasteiger partial charge on any atom is 0.306 e. The number of hydrogen-bond acceptors (Lipinski definition) is 4. The van der Waals surface area contributed by atoms with Gasteiger partial charge in [-0.2, -0.15) is 0 Å². The van der Waals surface area contributed by atoms with Crippen molar-refractivity contribution in [3.8, 4) is 0 Å². The molecule has 4 nitrogen and oxygen atoms in total. The summed E-state index contributed by atoms with van der Waals surface area (Å²) < 4.78 is 5.17. The number of Topliss-reactive ketones (excluding diaryl/α,β-unsaturated/α-hetero) is 1. The second-order valence-electron chi connectivity index (χ2n) is 6.39. The van der Waals surface area contributed by atoms with Crippen molar-refractivity contribution in [3.63, 3.8) is 0 Å². The molecular weight excluding hydrogens is 394 g/mol. The summed E-state index contributed by atoms with van der Waals surface area (Å²) in [4.78, 5) is 28.7. The minimum atomic E-state index is -0.348. The first-order chi connectivity index (χ1) is 13.6. The highest BCUT2D eigenvalue weighted by molar-refractivity contribution is 7.99. The molecule has 0 aliphatic rings. The van der Waals surface area contributed by atoms with E-state index in [9.17, 15) is 9.59 Å². The number of aryl methyl sites for hydroxylation is 1. The van der Waals surface area contributed by atoms with Gasteiger partial charge in [0.05, 0.1) is 0 Å². The minimum Gasteiger partial charge on any atom is -0.457 e. The SMILES string of the molecule is CCc1cccc2c(C(=O)COC(=O)CCCSc3ccc(Cl)cc3)c[nH]c12. The number of thioether (sulfide) groups is 1. The largest absolute Gasteiger partial charge is 0.457 e. The first-order valence-corrected chi connectivity index (χ1v) is 10.6. The molecule has 0 fully saturated rings. The van der Waals surface area contributed by atoms with Crippen LogP contribution in [0.25, 0.3) is 10.9 Å². The van der Waals surface area contributed by atoms with E-state index in [0.29, 0.717) is 23.4 Å². The van der Waals surface area contributed by atoms with Crippen LogP contribution in [0.15, 0.2) is 53.6 Å². The van der Waals surface area contributed by atoms with Crippen LogP contribution >= 0.6 is 23.4 Å². The number of ketones is 1. The van der Waals surface area contributed by atoms with E-state index in [1.54, 1.807) is 18.0 Å². The van der Waals surface area contributed by atoms with Gasteiger partial charge in [0.1, 0.15) is 0 Å². The van der Waals surface area contributed by atoms with Crippen LogP contribution in [0, 0.1) is 0 Å². The van der Waals surface area contributed by atoms with Gasteiger partial charge in [-0.3, -0.25) is 9.59 Å². The fraction of sp³-hybridized carbons (Fsp3) is 0.273. The molecule has 3 aromatic rings. The minimum absolute atomic E-state index is 0.191. The molecule has 0 amide bonds. The van der Waals surface area contributed by atoms with Crippen LogP contribution in [0.5, 0.6) is 0 Å². The monoisotopic (exact) mass is 415 g/mol. The Kier molecular flexibility index (Phi) is 7.18. The molecule has 0 radical (unpaired) electrons. The van der Waals surface area contributed by atoms with E-state index in [4.69, 9.17) is 16.3 Å². The number of para-hydroxylation sites is 1. The number of rotatable bonds is 9. The summed E-state index contributed by atoms with van der Waals surface area (Å²) in [5.41, 5.74) is 2.70. The number of aromatic nitrogens is 1. The van der Waals surface area contributed by atoms with Crippen molar-refractivity contribution in [1.29, 1.82) is 0 Å². The van der Waals surface area contributed by atoms with E-state index in [1.165, 1.54) is 0 Å². The molecular formula is C22H22ClNO3S. The molecule has 1 heterocycles. The molecule has 0 aliphatic carbocycles. The highest BCUT2D eigenvalue weighted by atomic mass is 35.5. The number of esters is 1. The van der Waals surface area contributed by atoms with Gasteiger partial charge >= 0.3 is 5.97 Å². The molecule has 0 spiro atoms. The average Bonchev–Trinajstić information content (AvgIpc) is 3.15. The number of carbonyl (C=O) groups is 2. The van der Waals surface area contributed by atoms with Crippen molar-refractivity contribution in [1.82, 2.24) is 4.98 Å². The number of benzene rings is 2. The summed E-state index contributed by atoms with van der Waals surface area (Å²) in [6, 6.07) is 13.5. The molecule has 3 rings (SSSR count). The lowest BCUT2D eigenvalue weighted by atomic mass is 10.1. The molecule has 1 aromatic heterocycles. The van der Waals surface area contributed by atoms with E-state index in [2.05, 4.69) is 11.9 Å².